The zero-order valence-electron chi connectivity index (χ0n) is 25.7. The van der Waals surface area contributed by atoms with E-state index in [4.69, 9.17) is 0 Å². The van der Waals surface area contributed by atoms with E-state index in [1.54, 1.807) is 0 Å². The van der Waals surface area contributed by atoms with Crippen molar-refractivity contribution < 1.29 is 29.4 Å². The fourth-order valence-corrected chi connectivity index (χ4v) is 10.1. The number of hydrogen-bond acceptors (Lipinski definition) is 8. The van der Waals surface area contributed by atoms with Crippen molar-refractivity contribution in [3.63, 3.8) is 0 Å². The standard InChI is InChI=1S/C33H47N3O6S/c1-4-43-27-17-29(41)36(31(27)42)15-7-5-6-8-28(40)35-34-21-13-14-32(2)20(16-21)9-10-22-23-11-12-24(26(39)19-37)33(23,3)18-25(38)30(22)32/h13-14,16,22-25,27,30,37-38H,4-12,15,17-19H2,1-3H3,(H,35,40). The molecule has 3 N–H and O–H groups in total. The number of hydrazone groups is 1. The summed E-state index contributed by atoms with van der Waals surface area (Å²) in [5.41, 5.74) is 4.01. The first-order chi connectivity index (χ1) is 20.5. The lowest BCUT2D eigenvalue weighted by Crippen LogP contribution is -2.56. The molecule has 236 valence electrons. The van der Waals surface area contributed by atoms with Gasteiger partial charge in [0.25, 0.3) is 0 Å². The molecule has 0 spiro atoms. The number of aliphatic hydroxyl groups is 2. The summed E-state index contributed by atoms with van der Waals surface area (Å²) >= 11 is 1.52. The van der Waals surface area contributed by atoms with Gasteiger partial charge >= 0.3 is 0 Å². The van der Waals surface area contributed by atoms with Crippen LogP contribution < -0.4 is 5.43 Å². The highest BCUT2D eigenvalue weighted by molar-refractivity contribution is 8.00. The normalized spacial score (nSPS) is 37.7. The Balaban J connectivity index is 1.12. The molecule has 8 atom stereocenters. The number of unbranched alkanes of at least 4 members (excludes halogenated alkanes) is 2. The van der Waals surface area contributed by atoms with Crippen molar-refractivity contribution in [3.05, 3.63) is 23.8 Å². The van der Waals surface area contributed by atoms with E-state index < -0.39 is 12.7 Å². The van der Waals surface area contributed by atoms with Gasteiger partial charge in [-0.15, -0.1) is 11.8 Å². The number of likely N-dealkylation sites (tertiary alicyclic amines) is 1. The van der Waals surface area contributed by atoms with E-state index in [-0.39, 0.29) is 51.4 Å². The van der Waals surface area contributed by atoms with Gasteiger partial charge in [0.05, 0.1) is 17.1 Å². The molecule has 0 aromatic rings. The summed E-state index contributed by atoms with van der Waals surface area (Å²) in [5, 5.41) is 25.2. The van der Waals surface area contributed by atoms with Gasteiger partial charge in [-0.05, 0) is 80.1 Å². The van der Waals surface area contributed by atoms with Gasteiger partial charge in [0.15, 0.2) is 5.78 Å². The monoisotopic (exact) mass is 613 g/mol. The Bertz CT molecular complexity index is 1230. The molecular weight excluding hydrogens is 566 g/mol. The minimum Gasteiger partial charge on any atom is -0.393 e. The summed E-state index contributed by atoms with van der Waals surface area (Å²) in [6.07, 6.45) is 12.5. The van der Waals surface area contributed by atoms with Crippen molar-refractivity contribution in [1.82, 2.24) is 10.3 Å². The number of carbonyl (C=O) groups excluding carboxylic acids is 4. The maximum atomic E-state index is 12.5. The molecule has 0 aromatic carbocycles. The first kappa shape index (κ1) is 32.1. The molecule has 1 aliphatic heterocycles. The van der Waals surface area contributed by atoms with Gasteiger partial charge in [-0.1, -0.05) is 38.8 Å². The lowest BCUT2D eigenvalue weighted by molar-refractivity contribution is -0.141. The number of ketones is 1. The number of hydrogen-bond donors (Lipinski definition) is 3. The number of carbonyl (C=O) groups is 4. The molecule has 3 saturated carbocycles. The second-order valence-electron chi connectivity index (χ2n) is 13.6. The largest absolute Gasteiger partial charge is 0.393 e. The van der Waals surface area contributed by atoms with Crippen LogP contribution in [0.15, 0.2) is 28.9 Å². The predicted octanol–water partition coefficient (Wildman–Crippen LogP) is 3.79. The average molecular weight is 614 g/mol. The van der Waals surface area contributed by atoms with Crippen LogP contribution in [0.4, 0.5) is 0 Å². The number of allylic oxidation sites excluding steroid dienone is 4. The number of rotatable bonds is 11. The zero-order valence-corrected chi connectivity index (χ0v) is 26.5. The Labute approximate surface area is 259 Å². The van der Waals surface area contributed by atoms with E-state index in [2.05, 4.69) is 36.5 Å². The maximum Gasteiger partial charge on any atom is 0.242 e. The molecule has 1 saturated heterocycles. The molecule has 1 heterocycles. The third-order valence-electron chi connectivity index (χ3n) is 11.2. The molecule has 0 bridgehead atoms. The van der Waals surface area contributed by atoms with Crippen LogP contribution in [0, 0.1) is 34.5 Å². The number of amides is 3. The number of fused-ring (bicyclic) bond motifs is 5. The number of imide groups is 1. The zero-order chi connectivity index (χ0) is 30.9. The maximum absolute atomic E-state index is 12.5. The Morgan fingerprint density at radius 3 is 2.70 bits per heavy atom. The highest BCUT2D eigenvalue weighted by Gasteiger charge is 2.62. The fraction of sp³-hybridized carbons (Fsp3) is 0.727. The van der Waals surface area contributed by atoms with E-state index in [0.29, 0.717) is 56.2 Å². The Kier molecular flexibility index (Phi) is 9.69. The van der Waals surface area contributed by atoms with Gasteiger partial charge in [0, 0.05) is 36.6 Å². The molecule has 5 aliphatic rings. The number of nitrogens with one attached hydrogen (secondary N) is 1. The van der Waals surface area contributed by atoms with Gasteiger partial charge in [0.2, 0.25) is 17.7 Å². The lowest BCUT2D eigenvalue weighted by atomic mass is 9.46. The topological polar surface area (TPSA) is 136 Å². The molecule has 0 radical (unpaired) electrons. The highest BCUT2D eigenvalue weighted by Crippen LogP contribution is 2.66. The second-order valence-corrected chi connectivity index (χ2v) is 15.0. The summed E-state index contributed by atoms with van der Waals surface area (Å²) in [6.45, 7) is 6.32. The molecule has 43 heavy (non-hydrogen) atoms. The van der Waals surface area contributed by atoms with Crippen molar-refractivity contribution in [2.45, 2.75) is 96.3 Å². The Morgan fingerprint density at radius 2 is 1.95 bits per heavy atom. The van der Waals surface area contributed by atoms with Crippen LogP contribution in [0.5, 0.6) is 0 Å². The van der Waals surface area contributed by atoms with Crippen LogP contribution in [0.25, 0.3) is 0 Å². The number of aliphatic hydroxyl groups excluding tert-OH is 2. The quantitative estimate of drug-likeness (QED) is 0.183. The van der Waals surface area contributed by atoms with Gasteiger partial charge < -0.3 is 10.2 Å². The minimum atomic E-state index is -0.534. The Morgan fingerprint density at radius 1 is 1.16 bits per heavy atom. The third-order valence-corrected chi connectivity index (χ3v) is 12.3. The van der Waals surface area contributed by atoms with E-state index in [9.17, 15) is 29.4 Å². The first-order valence-electron chi connectivity index (χ1n) is 16.1. The molecule has 8 unspecified atom stereocenters. The van der Waals surface area contributed by atoms with Gasteiger partial charge in [-0.3, -0.25) is 24.1 Å². The van der Waals surface area contributed by atoms with Gasteiger partial charge in [-0.25, -0.2) is 5.43 Å². The number of thioether (sulfide) groups is 1. The molecule has 5 rings (SSSR count). The van der Waals surface area contributed by atoms with E-state index in [0.717, 1.165) is 37.9 Å². The molecule has 10 heteroatoms. The summed E-state index contributed by atoms with van der Waals surface area (Å²) in [4.78, 5) is 50.9. The molecular formula is C33H47N3O6S. The number of Topliss-reactive ketones (excluding diaryl/α,β-unsaturated/α-hetero) is 1. The van der Waals surface area contributed by atoms with E-state index >= 15 is 0 Å². The van der Waals surface area contributed by atoms with E-state index in [1.807, 2.05) is 13.0 Å². The average Bonchev–Trinajstić information content (AvgIpc) is 3.45. The molecule has 4 fully saturated rings. The SMILES string of the molecule is CCSC1CC(=O)N(CCCCCC(=O)NN=C2C=CC3(C)C(=C2)CCC2C3C(O)CC3(C)C(C(=O)CO)CCC23)C1=O. The van der Waals surface area contributed by atoms with Gasteiger partial charge in [-0.2, -0.15) is 5.10 Å². The first-order valence-corrected chi connectivity index (χ1v) is 17.1. The number of nitrogens with zero attached hydrogens (tertiary/aromatic N) is 2. The van der Waals surface area contributed by atoms with Crippen LogP contribution in [0.3, 0.4) is 0 Å². The molecule has 9 nitrogen and oxygen atoms in total. The van der Waals surface area contributed by atoms with Crippen molar-refractivity contribution in [2.24, 2.45) is 39.6 Å². The smallest absolute Gasteiger partial charge is 0.242 e. The summed E-state index contributed by atoms with van der Waals surface area (Å²) in [6, 6.07) is 0. The summed E-state index contributed by atoms with van der Waals surface area (Å²) < 4.78 is 0. The highest BCUT2D eigenvalue weighted by atomic mass is 32.2. The predicted molar refractivity (Wildman–Crippen MR) is 166 cm³/mol. The van der Waals surface area contributed by atoms with Crippen LogP contribution in [-0.4, -0.2) is 74.6 Å². The molecule has 0 aromatic heterocycles. The fourth-order valence-electron chi connectivity index (χ4n) is 9.18. The third kappa shape index (κ3) is 6.03. The van der Waals surface area contributed by atoms with Crippen LogP contribution >= 0.6 is 11.8 Å². The summed E-state index contributed by atoms with van der Waals surface area (Å²) in [5.74, 6) is 0.929. The van der Waals surface area contributed by atoms with Crippen LogP contribution in [-0.2, 0) is 19.2 Å². The van der Waals surface area contributed by atoms with Crippen molar-refractivity contribution in [1.29, 1.82) is 0 Å². The minimum absolute atomic E-state index is 0.0587. The van der Waals surface area contributed by atoms with Crippen LogP contribution in [0.1, 0.15) is 85.0 Å². The van der Waals surface area contributed by atoms with Crippen LogP contribution in [0.2, 0.25) is 0 Å². The van der Waals surface area contributed by atoms with Gasteiger partial charge in [0.1, 0.15) is 6.61 Å². The molecule has 4 aliphatic carbocycles. The molecule has 3 amide bonds. The Hall–Kier alpha value is -2.30. The second kappa shape index (κ2) is 13.0. The van der Waals surface area contributed by atoms with Crippen molar-refractivity contribution >= 4 is 41.0 Å². The van der Waals surface area contributed by atoms with Crippen molar-refractivity contribution in [2.75, 3.05) is 18.9 Å². The van der Waals surface area contributed by atoms with E-state index in [1.165, 1.54) is 22.2 Å². The van der Waals surface area contributed by atoms with Crippen molar-refractivity contribution in [3.8, 4) is 0 Å². The lowest BCUT2D eigenvalue weighted by Gasteiger charge is -2.58. The summed E-state index contributed by atoms with van der Waals surface area (Å²) in [7, 11) is 0.